The number of hydrogen-bond donors (Lipinski definition) is 2. The third kappa shape index (κ3) is 1.16. The van der Waals surface area contributed by atoms with Crippen LogP contribution in [-0.2, 0) is 0 Å². The average Bonchev–Trinajstić information content (AvgIpc) is 2.30. The number of rotatable bonds is 2. The largest absolute Gasteiger partial charge is 0.478 e. The Morgan fingerprint density at radius 1 is 1.33 bits per heavy atom. The first-order valence-electron chi connectivity index (χ1n) is 3.08. The van der Waals surface area contributed by atoms with E-state index in [2.05, 4.69) is 4.42 Å². The molecular weight excluding hydrogens is 164 g/mol. The van der Waals surface area contributed by atoms with Gasteiger partial charge in [-0.2, -0.15) is 0 Å². The molecule has 5 heteroatoms. The van der Waals surface area contributed by atoms with E-state index < -0.39 is 11.9 Å². The monoisotopic (exact) mass is 170 g/mol. The molecule has 1 aromatic heterocycles. The van der Waals surface area contributed by atoms with Gasteiger partial charge >= 0.3 is 11.9 Å². The summed E-state index contributed by atoms with van der Waals surface area (Å²) >= 11 is 0. The van der Waals surface area contributed by atoms with Gasteiger partial charge in [0.15, 0.2) is 0 Å². The fraction of sp³-hybridized carbons (Fsp3) is 0.143. The minimum absolute atomic E-state index is 0.0971. The second-order valence-electron chi connectivity index (χ2n) is 2.19. The van der Waals surface area contributed by atoms with Crippen molar-refractivity contribution in [3.63, 3.8) is 0 Å². The highest BCUT2D eigenvalue weighted by Crippen LogP contribution is 2.16. The summed E-state index contributed by atoms with van der Waals surface area (Å²) in [6.45, 7) is 1.40. The molecule has 0 unspecified atom stereocenters. The Morgan fingerprint density at radius 3 is 2.25 bits per heavy atom. The SMILES string of the molecule is Cc1occ(C(=O)O)c1C(=O)O. The summed E-state index contributed by atoms with van der Waals surface area (Å²) in [6.07, 6.45) is 0.918. The predicted octanol–water partition coefficient (Wildman–Crippen LogP) is 0.984. The molecule has 1 rings (SSSR count). The lowest BCUT2D eigenvalue weighted by molar-refractivity contribution is 0.0652. The second-order valence-corrected chi connectivity index (χ2v) is 2.19. The Kier molecular flexibility index (Phi) is 1.86. The minimum Gasteiger partial charge on any atom is -0.478 e. The Labute approximate surface area is 67.2 Å². The maximum atomic E-state index is 10.5. The van der Waals surface area contributed by atoms with Crippen LogP contribution in [0.15, 0.2) is 10.7 Å². The van der Waals surface area contributed by atoms with Crippen molar-refractivity contribution in [2.24, 2.45) is 0 Å². The zero-order chi connectivity index (χ0) is 9.30. The zero-order valence-electron chi connectivity index (χ0n) is 6.20. The Morgan fingerprint density at radius 2 is 1.92 bits per heavy atom. The summed E-state index contributed by atoms with van der Waals surface area (Å²) < 4.78 is 4.66. The van der Waals surface area contributed by atoms with Crippen LogP contribution in [0, 0.1) is 6.92 Å². The summed E-state index contributed by atoms with van der Waals surface area (Å²) in [5.41, 5.74) is -0.609. The van der Waals surface area contributed by atoms with Crippen LogP contribution in [0.4, 0.5) is 0 Å². The highest BCUT2D eigenvalue weighted by Gasteiger charge is 2.21. The summed E-state index contributed by atoms with van der Waals surface area (Å²) in [6, 6.07) is 0. The molecule has 0 aliphatic rings. The van der Waals surface area contributed by atoms with Gasteiger partial charge in [-0.05, 0) is 6.92 Å². The predicted molar refractivity (Wildman–Crippen MR) is 37.4 cm³/mol. The summed E-state index contributed by atoms with van der Waals surface area (Å²) in [5.74, 6) is -2.50. The fourth-order valence-electron chi connectivity index (χ4n) is 0.878. The topological polar surface area (TPSA) is 87.7 Å². The van der Waals surface area contributed by atoms with Crippen LogP contribution in [0.2, 0.25) is 0 Å². The van der Waals surface area contributed by atoms with E-state index >= 15 is 0 Å². The molecule has 1 aromatic rings. The maximum Gasteiger partial charge on any atom is 0.340 e. The highest BCUT2D eigenvalue weighted by molar-refractivity contribution is 6.02. The number of furan rings is 1. The van der Waals surface area contributed by atoms with Crippen LogP contribution in [0.1, 0.15) is 26.5 Å². The standard InChI is InChI=1S/C7H6O5/c1-3-5(7(10)11)4(2-12-3)6(8)9/h2H,1H3,(H,8,9)(H,10,11). The number of aromatic carboxylic acids is 2. The molecule has 0 saturated carbocycles. The lowest BCUT2D eigenvalue weighted by Gasteiger charge is -1.91. The van der Waals surface area contributed by atoms with Gasteiger partial charge in [-0.15, -0.1) is 0 Å². The molecule has 0 aliphatic heterocycles. The van der Waals surface area contributed by atoms with Crippen molar-refractivity contribution >= 4 is 11.9 Å². The third-order valence-electron chi connectivity index (χ3n) is 1.42. The molecule has 0 spiro atoms. The molecule has 0 amide bonds. The van der Waals surface area contributed by atoms with Gasteiger partial charge in [0.2, 0.25) is 0 Å². The van der Waals surface area contributed by atoms with Crippen LogP contribution in [0.25, 0.3) is 0 Å². The summed E-state index contributed by atoms with van der Waals surface area (Å²) in [5, 5.41) is 17.1. The van der Waals surface area contributed by atoms with Gasteiger partial charge in [0, 0.05) is 0 Å². The quantitative estimate of drug-likeness (QED) is 0.690. The molecule has 5 nitrogen and oxygen atoms in total. The van der Waals surface area contributed by atoms with Crippen molar-refractivity contribution in [1.29, 1.82) is 0 Å². The van der Waals surface area contributed by atoms with Crippen molar-refractivity contribution < 1.29 is 24.2 Å². The van der Waals surface area contributed by atoms with Crippen molar-refractivity contribution in [2.45, 2.75) is 6.92 Å². The van der Waals surface area contributed by atoms with Crippen LogP contribution < -0.4 is 0 Å². The molecule has 0 fully saturated rings. The van der Waals surface area contributed by atoms with Gasteiger partial charge in [-0.1, -0.05) is 0 Å². The average molecular weight is 170 g/mol. The van der Waals surface area contributed by atoms with Gasteiger partial charge in [0.1, 0.15) is 23.2 Å². The summed E-state index contributed by atoms with van der Waals surface area (Å²) in [7, 11) is 0. The van der Waals surface area contributed by atoms with Crippen LogP contribution in [-0.4, -0.2) is 22.2 Å². The maximum absolute atomic E-state index is 10.5. The molecule has 64 valence electrons. The van der Waals surface area contributed by atoms with Gasteiger partial charge in [-0.25, -0.2) is 9.59 Å². The Bertz CT molecular complexity index is 336. The van der Waals surface area contributed by atoms with Crippen LogP contribution in [0.5, 0.6) is 0 Å². The number of aryl methyl sites for hydroxylation is 1. The molecule has 0 saturated heterocycles. The fourth-order valence-corrected chi connectivity index (χ4v) is 0.878. The summed E-state index contributed by atoms with van der Waals surface area (Å²) in [4.78, 5) is 20.9. The van der Waals surface area contributed by atoms with E-state index in [4.69, 9.17) is 10.2 Å². The molecule has 12 heavy (non-hydrogen) atoms. The molecule has 2 N–H and O–H groups in total. The van der Waals surface area contributed by atoms with E-state index in [1.807, 2.05) is 0 Å². The number of carboxylic acid groups (broad SMARTS) is 2. The van der Waals surface area contributed by atoms with Gasteiger partial charge in [0.25, 0.3) is 0 Å². The number of carboxylic acids is 2. The minimum atomic E-state index is -1.30. The lowest BCUT2D eigenvalue weighted by atomic mass is 10.1. The lowest BCUT2D eigenvalue weighted by Crippen LogP contribution is -2.05. The van der Waals surface area contributed by atoms with E-state index in [1.165, 1.54) is 6.92 Å². The first kappa shape index (κ1) is 8.32. The van der Waals surface area contributed by atoms with Crippen molar-refractivity contribution in [1.82, 2.24) is 0 Å². The molecule has 0 bridgehead atoms. The highest BCUT2D eigenvalue weighted by atomic mass is 16.4. The molecule has 0 atom stereocenters. The molecule has 1 heterocycles. The van der Waals surface area contributed by atoms with Crippen LogP contribution >= 0.6 is 0 Å². The van der Waals surface area contributed by atoms with E-state index in [9.17, 15) is 9.59 Å². The Hall–Kier alpha value is -1.78. The second kappa shape index (κ2) is 2.69. The molecule has 0 aliphatic carbocycles. The zero-order valence-corrected chi connectivity index (χ0v) is 6.20. The van der Waals surface area contributed by atoms with Crippen molar-refractivity contribution in [2.75, 3.05) is 0 Å². The van der Waals surface area contributed by atoms with Gasteiger partial charge in [-0.3, -0.25) is 0 Å². The number of hydrogen-bond acceptors (Lipinski definition) is 3. The molecular formula is C7H6O5. The van der Waals surface area contributed by atoms with E-state index in [0.29, 0.717) is 0 Å². The molecule has 0 radical (unpaired) electrons. The first-order valence-corrected chi connectivity index (χ1v) is 3.08. The van der Waals surface area contributed by atoms with Crippen molar-refractivity contribution in [3.8, 4) is 0 Å². The van der Waals surface area contributed by atoms with Gasteiger partial charge in [0.05, 0.1) is 0 Å². The van der Waals surface area contributed by atoms with Gasteiger partial charge < -0.3 is 14.6 Å². The van der Waals surface area contributed by atoms with Crippen molar-refractivity contribution in [3.05, 3.63) is 23.2 Å². The van der Waals surface area contributed by atoms with Crippen LogP contribution in [0.3, 0.4) is 0 Å². The normalized spacial score (nSPS) is 9.75. The Balaban J connectivity index is 3.31. The first-order chi connectivity index (χ1) is 5.54. The smallest absolute Gasteiger partial charge is 0.340 e. The van der Waals surface area contributed by atoms with E-state index in [-0.39, 0.29) is 16.9 Å². The third-order valence-corrected chi connectivity index (χ3v) is 1.42. The number of carbonyl (C=O) groups is 2. The van der Waals surface area contributed by atoms with E-state index in [0.717, 1.165) is 6.26 Å². The van der Waals surface area contributed by atoms with E-state index in [1.54, 1.807) is 0 Å². The molecule has 0 aromatic carbocycles.